The Labute approximate surface area is 78.9 Å². The third-order valence-electron chi connectivity index (χ3n) is 0. The zero-order chi connectivity index (χ0) is 2.71. The van der Waals surface area contributed by atoms with Crippen LogP contribution >= 0.6 is 13.5 Å². The van der Waals surface area contributed by atoms with E-state index in [-0.39, 0.29) is 64.9 Å². The van der Waals surface area contributed by atoms with E-state index in [1.54, 1.807) is 0 Å². The third-order valence-corrected chi connectivity index (χ3v) is 0. The van der Waals surface area contributed by atoms with Crippen molar-refractivity contribution in [1.82, 2.24) is 0 Å². The fourth-order valence-electron chi connectivity index (χ4n) is 0. The number of hydrogen-bond donors (Lipinski definition) is 0. The SMILES string of the molecule is O=N[O-].S.[K+]. The van der Waals surface area contributed by atoms with Gasteiger partial charge in [0.1, 0.15) is 0 Å². The molecule has 0 heterocycles. The fraction of sp³-hybridized carbons (Fsp3) is 0. The Balaban J connectivity index is -0.0000000200. The molecule has 0 aliphatic carbocycles. The summed E-state index contributed by atoms with van der Waals surface area (Å²) in [5.74, 6) is 0. The van der Waals surface area contributed by atoms with Crippen LogP contribution in [0.5, 0.6) is 0 Å². The van der Waals surface area contributed by atoms with E-state index in [9.17, 15) is 0 Å². The van der Waals surface area contributed by atoms with Crippen molar-refractivity contribution in [2.75, 3.05) is 0 Å². The summed E-state index contributed by atoms with van der Waals surface area (Å²) in [6.45, 7) is 0. The quantitative estimate of drug-likeness (QED) is 0.199. The van der Waals surface area contributed by atoms with Crippen molar-refractivity contribution in [1.29, 1.82) is 0 Å². The van der Waals surface area contributed by atoms with Gasteiger partial charge >= 0.3 is 51.4 Å². The summed E-state index contributed by atoms with van der Waals surface area (Å²) >= 11 is 0. The molecule has 0 spiro atoms. The molecule has 3 nitrogen and oxygen atoms in total. The zero-order valence-electron chi connectivity index (χ0n) is 2.76. The van der Waals surface area contributed by atoms with Crippen molar-refractivity contribution in [2.45, 2.75) is 0 Å². The summed E-state index contributed by atoms with van der Waals surface area (Å²) in [7, 11) is 0. The molecule has 26 valence electrons. The second-order valence-electron chi connectivity index (χ2n) is 0.0745. The predicted octanol–water partition coefficient (Wildman–Crippen LogP) is -2.63. The van der Waals surface area contributed by atoms with Crippen LogP contribution in [0, 0.1) is 10.1 Å². The van der Waals surface area contributed by atoms with Crippen molar-refractivity contribution in [3.05, 3.63) is 10.1 Å². The molecule has 0 amide bonds. The first-order chi connectivity index (χ1) is 1.41. The van der Waals surface area contributed by atoms with Gasteiger partial charge in [0, 0.05) is 0 Å². The Hall–Kier alpha value is 1.39. The number of rotatable bonds is 0. The smallest absolute Gasteiger partial charge is 0.444 e. The van der Waals surface area contributed by atoms with E-state index in [4.69, 9.17) is 10.1 Å². The van der Waals surface area contributed by atoms with Crippen molar-refractivity contribution in [3.63, 3.8) is 0 Å². The second kappa shape index (κ2) is 18.2. The third kappa shape index (κ3) is 32.1. The minimum Gasteiger partial charge on any atom is -0.444 e. The molecule has 0 fully saturated rings. The van der Waals surface area contributed by atoms with Gasteiger partial charge in [0.15, 0.2) is 0 Å². The molecular weight excluding hydrogens is 117 g/mol. The molecule has 0 atom stereocenters. The van der Waals surface area contributed by atoms with Crippen LogP contribution in [0.2, 0.25) is 0 Å². The maximum absolute atomic E-state index is 8.00. The average molecular weight is 119 g/mol. The topological polar surface area (TPSA) is 52.5 Å². The van der Waals surface area contributed by atoms with Crippen LogP contribution in [0.4, 0.5) is 0 Å². The first-order valence-corrected chi connectivity index (χ1v) is 0.365. The van der Waals surface area contributed by atoms with Gasteiger partial charge in [0.05, 0.1) is 0 Å². The van der Waals surface area contributed by atoms with Crippen molar-refractivity contribution >= 4 is 13.5 Å². The molecule has 0 aromatic heterocycles. The Bertz CT molecular complexity index is 17.1. The van der Waals surface area contributed by atoms with Crippen LogP contribution in [-0.4, -0.2) is 0 Å². The van der Waals surface area contributed by atoms with Gasteiger partial charge in [-0.2, -0.15) is 13.5 Å². The van der Waals surface area contributed by atoms with Crippen LogP contribution in [0.1, 0.15) is 0 Å². The maximum Gasteiger partial charge on any atom is 1.00 e. The van der Waals surface area contributed by atoms with Crippen molar-refractivity contribution in [3.8, 4) is 0 Å². The Kier molecular flexibility index (Phi) is 58.8. The Morgan fingerprint density at radius 2 is 1.60 bits per heavy atom. The summed E-state index contributed by atoms with van der Waals surface area (Å²) in [6.07, 6.45) is 0. The van der Waals surface area contributed by atoms with Gasteiger partial charge in [-0.25, -0.2) is 0 Å². The Morgan fingerprint density at radius 1 is 1.60 bits per heavy atom. The molecule has 5 heavy (non-hydrogen) atoms. The van der Waals surface area contributed by atoms with Gasteiger partial charge in [-0.05, 0) is 0 Å². The van der Waals surface area contributed by atoms with E-state index >= 15 is 0 Å². The number of nitrogens with zero attached hydrogens (tertiary/aromatic N) is 1. The van der Waals surface area contributed by atoms with E-state index < -0.39 is 0 Å². The van der Waals surface area contributed by atoms with Gasteiger partial charge in [-0.3, -0.25) is 0 Å². The first kappa shape index (κ1) is 16.2. The molecule has 5 heteroatoms. The average Bonchev–Trinajstić information content (AvgIpc) is 0.918. The second-order valence-corrected chi connectivity index (χ2v) is 0.0745. The molecule has 0 aliphatic heterocycles. The van der Waals surface area contributed by atoms with Gasteiger partial charge in [0.2, 0.25) is 0 Å². The molecule has 0 radical (unpaired) electrons. The van der Waals surface area contributed by atoms with Crippen molar-refractivity contribution in [2.24, 2.45) is 5.34 Å². The molecule has 0 unspecified atom stereocenters. The summed E-state index contributed by atoms with van der Waals surface area (Å²) < 4.78 is 0. The molecule has 0 aliphatic rings. The number of hydrogen-bond acceptors (Lipinski definition) is 3. The normalized spacial score (nSPS) is 2.40. The predicted molar refractivity (Wildman–Crippen MR) is 19.5 cm³/mol. The minimum absolute atomic E-state index is 0. The minimum atomic E-state index is 0. The molecule has 0 bridgehead atoms. The molecule has 0 saturated carbocycles. The first-order valence-electron chi connectivity index (χ1n) is 0.365. The molecular formula is H2KNO2S. The van der Waals surface area contributed by atoms with Gasteiger partial charge in [-0.1, -0.05) is 0 Å². The van der Waals surface area contributed by atoms with E-state index in [2.05, 4.69) is 0 Å². The standard InChI is InChI=1S/K.HNO2.H2S/c;2-1-3;/h;(H,2,3);1H2/q+1;;/p-1. The zero-order valence-corrected chi connectivity index (χ0v) is 6.89. The van der Waals surface area contributed by atoms with E-state index in [0.717, 1.165) is 5.34 Å². The van der Waals surface area contributed by atoms with E-state index in [1.807, 2.05) is 0 Å². The Morgan fingerprint density at radius 3 is 1.60 bits per heavy atom. The molecule has 0 aromatic carbocycles. The molecule has 0 N–H and O–H groups in total. The van der Waals surface area contributed by atoms with E-state index in [0.29, 0.717) is 0 Å². The summed E-state index contributed by atoms with van der Waals surface area (Å²) in [5, 5.41) is 9.00. The maximum atomic E-state index is 8.00. The van der Waals surface area contributed by atoms with Gasteiger partial charge in [-0.15, -0.1) is 5.34 Å². The van der Waals surface area contributed by atoms with Crippen LogP contribution in [0.15, 0.2) is 5.34 Å². The van der Waals surface area contributed by atoms with E-state index in [1.165, 1.54) is 0 Å². The fourth-order valence-corrected chi connectivity index (χ4v) is 0. The van der Waals surface area contributed by atoms with Crippen LogP contribution in [-0.2, 0) is 0 Å². The van der Waals surface area contributed by atoms with Gasteiger partial charge in [0.25, 0.3) is 0 Å². The van der Waals surface area contributed by atoms with Gasteiger partial charge < -0.3 is 10.1 Å². The van der Waals surface area contributed by atoms with Crippen LogP contribution < -0.4 is 51.4 Å². The monoisotopic (exact) mass is 119 g/mol. The summed E-state index contributed by atoms with van der Waals surface area (Å²) in [6, 6.07) is 0. The summed E-state index contributed by atoms with van der Waals surface area (Å²) in [4.78, 5) is 8.00. The van der Waals surface area contributed by atoms with Crippen LogP contribution in [0.25, 0.3) is 0 Å². The largest absolute Gasteiger partial charge is 1.00 e. The molecule has 0 aromatic rings. The summed E-state index contributed by atoms with van der Waals surface area (Å²) in [5.41, 5.74) is 0. The van der Waals surface area contributed by atoms with Crippen molar-refractivity contribution < 1.29 is 51.4 Å². The molecule has 0 saturated heterocycles. The molecule has 0 rings (SSSR count). The van der Waals surface area contributed by atoms with Crippen LogP contribution in [0.3, 0.4) is 0 Å².